The summed E-state index contributed by atoms with van der Waals surface area (Å²) in [5.74, 6) is 0.751. The second kappa shape index (κ2) is 8.44. The molecule has 0 atom stereocenters. The first-order valence-corrected chi connectivity index (χ1v) is 9.09. The third-order valence-corrected chi connectivity index (χ3v) is 4.74. The van der Waals surface area contributed by atoms with Crippen molar-refractivity contribution in [3.8, 4) is 0 Å². The molecule has 3 aromatic rings. The van der Waals surface area contributed by atoms with Crippen molar-refractivity contribution in [3.05, 3.63) is 73.1 Å². The number of aromatic nitrogens is 2. The van der Waals surface area contributed by atoms with E-state index in [1.807, 2.05) is 48.5 Å². The van der Waals surface area contributed by atoms with E-state index >= 15 is 0 Å². The maximum absolute atomic E-state index is 12.3. The molecule has 0 bridgehead atoms. The van der Waals surface area contributed by atoms with Gasteiger partial charge in [-0.2, -0.15) is 0 Å². The molecule has 0 fully saturated rings. The lowest BCUT2D eigenvalue weighted by molar-refractivity contribution is -0.115. The van der Waals surface area contributed by atoms with E-state index in [0.29, 0.717) is 12.1 Å². The second-order valence-corrected chi connectivity index (χ2v) is 6.64. The lowest BCUT2D eigenvalue weighted by atomic mass is 10.1. The minimum Gasteiger partial charge on any atom is -0.352 e. The largest absolute Gasteiger partial charge is 0.352 e. The van der Waals surface area contributed by atoms with Crippen LogP contribution in [0.5, 0.6) is 0 Å². The molecule has 0 aliphatic carbocycles. The number of carbonyl (C=O) groups excluding carboxylic acids is 1. The standard InChI is InChI=1S/C20H19N3OS/c1-15(17-13-16-7-2-3-8-18(16)23-14-17)20(24)22-11-6-12-25-19-9-4-5-10-21-19/h2-5,7-10,13-14H,1,6,11-12H2,(H,22,24). The summed E-state index contributed by atoms with van der Waals surface area (Å²) in [5.41, 5.74) is 2.10. The average molecular weight is 349 g/mol. The number of thioether (sulfide) groups is 1. The van der Waals surface area contributed by atoms with E-state index in [9.17, 15) is 4.79 Å². The number of benzene rings is 1. The van der Waals surface area contributed by atoms with Crippen LogP contribution in [0.2, 0.25) is 0 Å². The van der Waals surface area contributed by atoms with Gasteiger partial charge in [0.15, 0.2) is 0 Å². The van der Waals surface area contributed by atoms with E-state index in [2.05, 4.69) is 21.9 Å². The lowest BCUT2D eigenvalue weighted by Crippen LogP contribution is -2.25. The highest BCUT2D eigenvalue weighted by Gasteiger charge is 2.10. The smallest absolute Gasteiger partial charge is 0.251 e. The van der Waals surface area contributed by atoms with Gasteiger partial charge in [0.25, 0.3) is 5.91 Å². The SMILES string of the molecule is C=C(C(=O)NCCCSc1ccccn1)c1cnc2ccccc2c1. The highest BCUT2D eigenvalue weighted by atomic mass is 32.2. The van der Waals surface area contributed by atoms with Crippen molar-refractivity contribution in [1.82, 2.24) is 15.3 Å². The summed E-state index contributed by atoms with van der Waals surface area (Å²) in [6, 6.07) is 15.6. The van der Waals surface area contributed by atoms with Crippen LogP contribution in [0.1, 0.15) is 12.0 Å². The Bertz CT molecular complexity index is 880. The fraction of sp³-hybridized carbons (Fsp3) is 0.150. The van der Waals surface area contributed by atoms with Gasteiger partial charge in [0.2, 0.25) is 0 Å². The Kier molecular flexibility index (Phi) is 5.80. The number of amides is 1. The van der Waals surface area contributed by atoms with Gasteiger partial charge in [-0.05, 0) is 30.7 Å². The molecule has 0 saturated heterocycles. The zero-order valence-electron chi connectivity index (χ0n) is 13.8. The Balaban J connectivity index is 1.48. The molecule has 1 amide bonds. The molecular formula is C20H19N3OS. The fourth-order valence-corrected chi connectivity index (χ4v) is 3.17. The second-order valence-electron chi connectivity index (χ2n) is 5.52. The summed E-state index contributed by atoms with van der Waals surface area (Å²) in [6.45, 7) is 4.52. The fourth-order valence-electron chi connectivity index (χ4n) is 2.36. The molecule has 5 heteroatoms. The Morgan fingerprint density at radius 3 is 2.80 bits per heavy atom. The summed E-state index contributed by atoms with van der Waals surface area (Å²) >= 11 is 1.68. The Morgan fingerprint density at radius 1 is 1.12 bits per heavy atom. The molecule has 0 radical (unpaired) electrons. The van der Waals surface area contributed by atoms with Gasteiger partial charge in [0.1, 0.15) is 0 Å². The van der Waals surface area contributed by atoms with Crippen LogP contribution < -0.4 is 5.32 Å². The number of rotatable bonds is 7. The highest BCUT2D eigenvalue weighted by molar-refractivity contribution is 7.99. The van der Waals surface area contributed by atoms with Crippen LogP contribution in [-0.4, -0.2) is 28.2 Å². The number of hydrogen-bond donors (Lipinski definition) is 1. The van der Waals surface area contributed by atoms with Crippen molar-refractivity contribution >= 4 is 34.1 Å². The first-order valence-electron chi connectivity index (χ1n) is 8.10. The lowest BCUT2D eigenvalue weighted by Gasteiger charge is -2.08. The molecule has 1 aromatic carbocycles. The van der Waals surface area contributed by atoms with Gasteiger partial charge in [-0.1, -0.05) is 30.8 Å². The monoisotopic (exact) mass is 349 g/mol. The molecule has 0 saturated carbocycles. The van der Waals surface area contributed by atoms with E-state index in [1.165, 1.54) is 0 Å². The summed E-state index contributed by atoms with van der Waals surface area (Å²) in [4.78, 5) is 20.9. The van der Waals surface area contributed by atoms with E-state index in [4.69, 9.17) is 0 Å². The molecule has 25 heavy (non-hydrogen) atoms. The summed E-state index contributed by atoms with van der Waals surface area (Å²) in [5, 5.41) is 4.92. The van der Waals surface area contributed by atoms with Crippen LogP contribution in [0.25, 0.3) is 16.5 Å². The van der Waals surface area contributed by atoms with Gasteiger partial charge in [-0.15, -0.1) is 11.8 Å². The first-order chi connectivity index (χ1) is 12.2. The maximum atomic E-state index is 12.3. The molecule has 2 heterocycles. The molecule has 1 N–H and O–H groups in total. The summed E-state index contributed by atoms with van der Waals surface area (Å²) < 4.78 is 0. The van der Waals surface area contributed by atoms with Crippen LogP contribution in [0, 0.1) is 0 Å². The van der Waals surface area contributed by atoms with Gasteiger partial charge < -0.3 is 5.32 Å². The number of pyridine rings is 2. The summed E-state index contributed by atoms with van der Waals surface area (Å²) in [7, 11) is 0. The van der Waals surface area contributed by atoms with E-state index in [0.717, 1.165) is 33.7 Å². The van der Waals surface area contributed by atoms with Gasteiger partial charge >= 0.3 is 0 Å². The van der Waals surface area contributed by atoms with Crippen molar-refractivity contribution in [2.75, 3.05) is 12.3 Å². The number of nitrogens with one attached hydrogen (secondary N) is 1. The number of para-hydroxylation sites is 1. The van der Waals surface area contributed by atoms with Crippen LogP contribution in [0.15, 0.2) is 72.5 Å². The van der Waals surface area contributed by atoms with Crippen molar-refractivity contribution in [2.45, 2.75) is 11.4 Å². The van der Waals surface area contributed by atoms with Crippen LogP contribution in [-0.2, 0) is 4.79 Å². The molecule has 0 spiro atoms. The van der Waals surface area contributed by atoms with Gasteiger partial charge in [0, 0.05) is 41.2 Å². The molecule has 126 valence electrons. The molecular weight excluding hydrogens is 330 g/mol. The predicted molar refractivity (Wildman–Crippen MR) is 103 cm³/mol. The number of nitrogens with zero attached hydrogens (tertiary/aromatic N) is 2. The Labute approximate surface area is 151 Å². The molecule has 0 unspecified atom stereocenters. The van der Waals surface area contributed by atoms with Crippen molar-refractivity contribution in [3.63, 3.8) is 0 Å². The molecule has 2 aromatic heterocycles. The quantitative estimate of drug-likeness (QED) is 0.399. The average Bonchev–Trinajstić information content (AvgIpc) is 2.67. The van der Waals surface area contributed by atoms with Crippen molar-refractivity contribution in [2.24, 2.45) is 0 Å². The van der Waals surface area contributed by atoms with E-state index < -0.39 is 0 Å². The minimum atomic E-state index is -0.153. The van der Waals surface area contributed by atoms with Gasteiger partial charge in [-0.3, -0.25) is 9.78 Å². The molecule has 3 rings (SSSR count). The third kappa shape index (κ3) is 4.67. The zero-order valence-corrected chi connectivity index (χ0v) is 14.6. The number of carbonyl (C=O) groups is 1. The number of hydrogen-bond acceptors (Lipinski definition) is 4. The predicted octanol–water partition coefficient (Wildman–Crippen LogP) is 3.94. The van der Waals surface area contributed by atoms with E-state index in [-0.39, 0.29) is 5.91 Å². The highest BCUT2D eigenvalue weighted by Crippen LogP contribution is 2.18. The van der Waals surface area contributed by atoms with Crippen LogP contribution >= 0.6 is 11.8 Å². The van der Waals surface area contributed by atoms with Crippen LogP contribution in [0.3, 0.4) is 0 Å². The Morgan fingerprint density at radius 2 is 1.96 bits per heavy atom. The minimum absolute atomic E-state index is 0.153. The van der Waals surface area contributed by atoms with Gasteiger partial charge in [0.05, 0.1) is 10.5 Å². The Hall–Kier alpha value is -2.66. The van der Waals surface area contributed by atoms with Crippen LogP contribution in [0.4, 0.5) is 0 Å². The molecule has 0 aliphatic heterocycles. The zero-order chi connectivity index (χ0) is 17.5. The van der Waals surface area contributed by atoms with Gasteiger partial charge in [-0.25, -0.2) is 4.98 Å². The third-order valence-electron chi connectivity index (χ3n) is 3.71. The normalized spacial score (nSPS) is 10.6. The molecule has 4 nitrogen and oxygen atoms in total. The van der Waals surface area contributed by atoms with E-state index in [1.54, 1.807) is 24.2 Å². The van der Waals surface area contributed by atoms with Crippen molar-refractivity contribution < 1.29 is 4.79 Å². The first kappa shape index (κ1) is 17.2. The summed E-state index contributed by atoms with van der Waals surface area (Å²) in [6.07, 6.45) is 4.35. The number of fused-ring (bicyclic) bond motifs is 1. The topological polar surface area (TPSA) is 54.9 Å². The maximum Gasteiger partial charge on any atom is 0.251 e. The van der Waals surface area contributed by atoms with Crippen molar-refractivity contribution in [1.29, 1.82) is 0 Å². The molecule has 0 aliphatic rings.